The average Bonchev–Trinajstić information content (AvgIpc) is 2.97. The second-order valence-electron chi connectivity index (χ2n) is 5.11. The van der Waals surface area contributed by atoms with E-state index in [1.165, 1.54) is 0 Å². The molecule has 0 aromatic heterocycles. The van der Waals surface area contributed by atoms with Crippen LogP contribution in [0.2, 0.25) is 0 Å². The largest absolute Gasteiger partial charge is 0.381 e. The molecule has 1 amide bonds. The fraction of sp³-hybridized carbons (Fsp3) is 0.917. The van der Waals surface area contributed by atoms with Gasteiger partial charge in [-0.1, -0.05) is 0 Å². The zero-order valence-corrected chi connectivity index (χ0v) is 11.6. The van der Waals surface area contributed by atoms with Crippen LogP contribution >= 0.6 is 0 Å². The van der Waals surface area contributed by atoms with Gasteiger partial charge in [0.05, 0.1) is 6.61 Å². The summed E-state index contributed by atoms with van der Waals surface area (Å²) in [6.45, 7) is 1.52. The van der Waals surface area contributed by atoms with E-state index in [2.05, 4.69) is 10.6 Å². The first kappa shape index (κ1) is 14.0. The summed E-state index contributed by atoms with van der Waals surface area (Å²) < 4.78 is 17.3. The Bertz CT molecular complexity index is 314. The SMILES string of the molecule is CNC(CS(=O)CC(=O)NC1CC1)C1CCOC1. The lowest BCUT2D eigenvalue weighted by Gasteiger charge is -2.21. The fourth-order valence-corrected chi connectivity index (χ4v) is 3.56. The molecule has 18 heavy (non-hydrogen) atoms. The summed E-state index contributed by atoms with van der Waals surface area (Å²) in [6, 6.07) is 0.528. The summed E-state index contributed by atoms with van der Waals surface area (Å²) in [7, 11) is 0.785. The molecule has 0 spiro atoms. The first-order chi connectivity index (χ1) is 8.69. The zero-order valence-electron chi connectivity index (χ0n) is 10.8. The van der Waals surface area contributed by atoms with Gasteiger partial charge in [0.2, 0.25) is 5.91 Å². The highest BCUT2D eigenvalue weighted by molar-refractivity contribution is 7.85. The maximum atomic E-state index is 12.0. The predicted molar refractivity (Wildman–Crippen MR) is 70.8 cm³/mol. The molecule has 0 aromatic rings. The maximum Gasteiger partial charge on any atom is 0.232 e. The lowest BCUT2D eigenvalue weighted by Crippen LogP contribution is -2.40. The molecule has 0 bridgehead atoms. The molecule has 2 rings (SSSR count). The van der Waals surface area contributed by atoms with Crippen LogP contribution in [0.3, 0.4) is 0 Å². The van der Waals surface area contributed by atoms with Crippen molar-refractivity contribution in [1.29, 1.82) is 0 Å². The molecule has 3 unspecified atom stereocenters. The molecule has 1 aliphatic heterocycles. The number of hydrogen-bond acceptors (Lipinski definition) is 4. The van der Waals surface area contributed by atoms with Gasteiger partial charge >= 0.3 is 0 Å². The summed E-state index contributed by atoms with van der Waals surface area (Å²) in [5, 5.41) is 6.06. The van der Waals surface area contributed by atoms with Crippen molar-refractivity contribution in [3.8, 4) is 0 Å². The van der Waals surface area contributed by atoms with Gasteiger partial charge in [0.25, 0.3) is 0 Å². The first-order valence-electron chi connectivity index (χ1n) is 6.58. The summed E-state index contributed by atoms with van der Waals surface area (Å²) in [4.78, 5) is 11.5. The molecule has 1 heterocycles. The summed E-state index contributed by atoms with van der Waals surface area (Å²) >= 11 is 0. The van der Waals surface area contributed by atoms with Gasteiger partial charge in [-0.3, -0.25) is 9.00 Å². The third kappa shape index (κ3) is 4.33. The van der Waals surface area contributed by atoms with Gasteiger partial charge in [-0.15, -0.1) is 0 Å². The lowest BCUT2D eigenvalue weighted by atomic mass is 10.0. The van der Waals surface area contributed by atoms with Crippen LogP contribution in [0.15, 0.2) is 0 Å². The third-order valence-corrected chi connectivity index (χ3v) is 4.82. The maximum absolute atomic E-state index is 12.0. The molecule has 2 N–H and O–H groups in total. The van der Waals surface area contributed by atoms with Crippen molar-refractivity contribution in [2.75, 3.05) is 31.8 Å². The molecule has 1 aliphatic carbocycles. The van der Waals surface area contributed by atoms with Crippen molar-refractivity contribution in [3.63, 3.8) is 0 Å². The average molecular weight is 274 g/mol. The molecule has 104 valence electrons. The predicted octanol–water partition coefficient (Wildman–Crippen LogP) is -0.362. The van der Waals surface area contributed by atoms with Gasteiger partial charge in [0.1, 0.15) is 5.75 Å². The van der Waals surface area contributed by atoms with E-state index in [1.807, 2.05) is 7.05 Å². The van der Waals surface area contributed by atoms with Gasteiger partial charge in [-0.2, -0.15) is 0 Å². The summed E-state index contributed by atoms with van der Waals surface area (Å²) in [5.74, 6) is 1.00. The topological polar surface area (TPSA) is 67.4 Å². The number of carbonyl (C=O) groups excluding carboxylic acids is 1. The van der Waals surface area contributed by atoms with E-state index in [0.717, 1.165) is 32.5 Å². The molecular weight excluding hydrogens is 252 g/mol. The minimum absolute atomic E-state index is 0.0756. The van der Waals surface area contributed by atoms with Crippen molar-refractivity contribution in [2.45, 2.75) is 31.3 Å². The van der Waals surface area contributed by atoms with E-state index in [1.54, 1.807) is 0 Å². The van der Waals surface area contributed by atoms with Crippen LogP contribution in [0.5, 0.6) is 0 Å². The summed E-state index contributed by atoms with van der Waals surface area (Å²) in [6.07, 6.45) is 3.14. The van der Waals surface area contributed by atoms with E-state index in [-0.39, 0.29) is 17.7 Å². The second kappa shape index (κ2) is 6.63. The van der Waals surface area contributed by atoms with Crippen LogP contribution in [0.1, 0.15) is 19.3 Å². The number of hydrogen-bond donors (Lipinski definition) is 2. The molecule has 2 fully saturated rings. The van der Waals surface area contributed by atoms with Crippen LogP contribution in [0.25, 0.3) is 0 Å². The molecule has 0 radical (unpaired) electrons. The smallest absolute Gasteiger partial charge is 0.232 e. The second-order valence-corrected chi connectivity index (χ2v) is 6.61. The highest BCUT2D eigenvalue weighted by atomic mass is 32.2. The Kier molecular flexibility index (Phi) is 5.14. The van der Waals surface area contributed by atoms with E-state index < -0.39 is 10.8 Å². The van der Waals surface area contributed by atoms with E-state index in [4.69, 9.17) is 4.74 Å². The lowest BCUT2D eigenvalue weighted by molar-refractivity contribution is -0.118. The Labute approximate surface area is 110 Å². The highest BCUT2D eigenvalue weighted by Crippen LogP contribution is 2.19. The van der Waals surface area contributed by atoms with Gasteiger partial charge in [-0.05, 0) is 26.3 Å². The third-order valence-electron chi connectivity index (χ3n) is 3.50. The van der Waals surface area contributed by atoms with Crippen LogP contribution in [0, 0.1) is 5.92 Å². The number of amides is 1. The highest BCUT2D eigenvalue weighted by Gasteiger charge is 2.28. The van der Waals surface area contributed by atoms with E-state index in [9.17, 15) is 9.00 Å². The number of nitrogens with one attached hydrogen (secondary N) is 2. The van der Waals surface area contributed by atoms with Crippen LogP contribution in [-0.2, 0) is 20.3 Å². The minimum Gasteiger partial charge on any atom is -0.381 e. The molecule has 1 saturated carbocycles. The van der Waals surface area contributed by atoms with Crippen LogP contribution in [-0.4, -0.2) is 54.0 Å². The van der Waals surface area contributed by atoms with Gasteiger partial charge < -0.3 is 15.4 Å². The number of ether oxygens (including phenoxy) is 1. The van der Waals surface area contributed by atoms with Gasteiger partial charge in [0.15, 0.2) is 0 Å². The van der Waals surface area contributed by atoms with Crippen molar-refractivity contribution in [2.24, 2.45) is 5.92 Å². The van der Waals surface area contributed by atoms with E-state index >= 15 is 0 Å². The monoisotopic (exact) mass is 274 g/mol. The van der Waals surface area contributed by atoms with E-state index in [0.29, 0.717) is 17.7 Å². The van der Waals surface area contributed by atoms with Crippen molar-refractivity contribution >= 4 is 16.7 Å². The Hall–Kier alpha value is -0.460. The van der Waals surface area contributed by atoms with Crippen LogP contribution < -0.4 is 10.6 Å². The first-order valence-corrected chi connectivity index (χ1v) is 8.07. The molecule has 1 saturated heterocycles. The number of rotatable bonds is 7. The zero-order chi connectivity index (χ0) is 13.0. The standard InChI is InChI=1S/C12H22N2O3S/c1-13-11(9-4-5-17-6-9)7-18(16)8-12(15)14-10-2-3-10/h9-11,13H,2-8H2,1H3,(H,14,15). The molecule has 5 nitrogen and oxygen atoms in total. The molecule has 2 aliphatic rings. The Morgan fingerprint density at radius 1 is 1.44 bits per heavy atom. The Morgan fingerprint density at radius 3 is 2.78 bits per heavy atom. The molecule has 3 atom stereocenters. The van der Waals surface area contributed by atoms with Crippen molar-refractivity contribution in [1.82, 2.24) is 10.6 Å². The molecule has 6 heteroatoms. The normalized spacial score (nSPS) is 26.8. The fourth-order valence-electron chi connectivity index (χ4n) is 2.23. The quantitative estimate of drug-likeness (QED) is 0.665. The van der Waals surface area contributed by atoms with Crippen molar-refractivity contribution in [3.05, 3.63) is 0 Å². The minimum atomic E-state index is -1.09. The van der Waals surface area contributed by atoms with Crippen molar-refractivity contribution < 1.29 is 13.7 Å². The van der Waals surface area contributed by atoms with Gasteiger partial charge in [0, 0.05) is 41.2 Å². The Morgan fingerprint density at radius 2 is 2.22 bits per heavy atom. The van der Waals surface area contributed by atoms with Crippen LogP contribution in [0.4, 0.5) is 0 Å². The van der Waals surface area contributed by atoms with Gasteiger partial charge in [-0.25, -0.2) is 0 Å². The summed E-state index contributed by atoms with van der Waals surface area (Å²) in [5.41, 5.74) is 0. The number of carbonyl (C=O) groups is 1. The Balaban J connectivity index is 1.71. The molecule has 0 aromatic carbocycles. The molecular formula is C12H22N2O3S.